The quantitative estimate of drug-likeness (QED) is 0.919. The molecular formula is C17H23N5O2. The maximum atomic E-state index is 5.86. The van der Waals surface area contributed by atoms with Crippen molar-refractivity contribution >= 4 is 0 Å². The predicted molar refractivity (Wildman–Crippen MR) is 89.1 cm³/mol. The molecule has 0 spiro atoms. The van der Waals surface area contributed by atoms with Crippen LogP contribution in [0.3, 0.4) is 0 Å². The zero-order valence-corrected chi connectivity index (χ0v) is 14.2. The molecule has 4 heterocycles. The van der Waals surface area contributed by atoms with E-state index >= 15 is 0 Å². The maximum Gasteiger partial charge on any atom is 0.217 e. The van der Waals surface area contributed by atoms with Crippen LogP contribution in [-0.4, -0.2) is 52.2 Å². The van der Waals surface area contributed by atoms with Gasteiger partial charge >= 0.3 is 0 Å². The van der Waals surface area contributed by atoms with Crippen molar-refractivity contribution < 1.29 is 9.47 Å². The molecule has 2 aliphatic heterocycles. The second-order valence-electron chi connectivity index (χ2n) is 6.45. The highest BCUT2D eigenvalue weighted by molar-refractivity contribution is 5.61. The lowest BCUT2D eigenvalue weighted by atomic mass is 10.1. The SMILES string of the molecule is Cc1nn(C2CCOCC2)c(C)c1-c1nccc(OC2CNC2)n1. The van der Waals surface area contributed by atoms with Gasteiger partial charge in [-0.3, -0.25) is 4.68 Å². The molecule has 1 N–H and O–H groups in total. The van der Waals surface area contributed by atoms with Gasteiger partial charge < -0.3 is 14.8 Å². The molecule has 2 saturated heterocycles. The van der Waals surface area contributed by atoms with Crippen molar-refractivity contribution in [2.24, 2.45) is 0 Å². The molecule has 128 valence electrons. The van der Waals surface area contributed by atoms with Gasteiger partial charge in [-0.05, 0) is 26.7 Å². The lowest BCUT2D eigenvalue weighted by Gasteiger charge is -2.27. The van der Waals surface area contributed by atoms with Crippen LogP contribution in [0.5, 0.6) is 5.88 Å². The predicted octanol–water partition coefficient (Wildman–Crippen LogP) is 1.66. The number of nitrogens with zero attached hydrogens (tertiary/aromatic N) is 4. The fourth-order valence-corrected chi connectivity index (χ4v) is 3.32. The van der Waals surface area contributed by atoms with Crippen molar-refractivity contribution in [1.82, 2.24) is 25.1 Å². The highest BCUT2D eigenvalue weighted by Crippen LogP contribution is 2.30. The normalized spacial score (nSPS) is 19.2. The van der Waals surface area contributed by atoms with Gasteiger partial charge in [0.1, 0.15) is 6.10 Å². The third-order valence-electron chi connectivity index (χ3n) is 4.75. The van der Waals surface area contributed by atoms with Crippen molar-refractivity contribution in [3.05, 3.63) is 23.7 Å². The number of aromatic nitrogens is 4. The van der Waals surface area contributed by atoms with E-state index in [0.29, 0.717) is 17.7 Å². The van der Waals surface area contributed by atoms with Crippen molar-refractivity contribution in [2.75, 3.05) is 26.3 Å². The smallest absolute Gasteiger partial charge is 0.217 e. The van der Waals surface area contributed by atoms with Gasteiger partial charge in [0.25, 0.3) is 0 Å². The molecule has 7 nitrogen and oxygen atoms in total. The monoisotopic (exact) mass is 329 g/mol. The molecule has 0 aromatic carbocycles. The number of ether oxygens (including phenoxy) is 2. The number of hydrogen-bond acceptors (Lipinski definition) is 6. The second kappa shape index (κ2) is 6.49. The minimum Gasteiger partial charge on any atom is -0.472 e. The summed E-state index contributed by atoms with van der Waals surface area (Å²) >= 11 is 0. The van der Waals surface area contributed by atoms with Crippen LogP contribution in [-0.2, 0) is 4.74 Å². The Kier molecular flexibility index (Phi) is 4.20. The molecule has 2 aliphatic rings. The van der Waals surface area contributed by atoms with E-state index in [1.54, 1.807) is 6.20 Å². The molecule has 2 aromatic rings. The Morgan fingerprint density at radius 3 is 2.75 bits per heavy atom. The van der Waals surface area contributed by atoms with Gasteiger partial charge in [0, 0.05) is 44.3 Å². The van der Waals surface area contributed by atoms with E-state index in [-0.39, 0.29) is 6.10 Å². The van der Waals surface area contributed by atoms with Gasteiger partial charge in [0.2, 0.25) is 5.88 Å². The summed E-state index contributed by atoms with van der Waals surface area (Å²) in [5.41, 5.74) is 3.09. The highest BCUT2D eigenvalue weighted by Gasteiger charge is 2.24. The Hall–Kier alpha value is -1.99. The number of hydrogen-bond donors (Lipinski definition) is 1. The van der Waals surface area contributed by atoms with Crippen LogP contribution < -0.4 is 10.1 Å². The molecule has 2 fully saturated rings. The van der Waals surface area contributed by atoms with E-state index < -0.39 is 0 Å². The van der Waals surface area contributed by atoms with Crippen LogP contribution in [0.25, 0.3) is 11.4 Å². The summed E-state index contributed by atoms with van der Waals surface area (Å²) in [5.74, 6) is 1.32. The minimum atomic E-state index is 0.208. The third kappa shape index (κ3) is 2.89. The maximum absolute atomic E-state index is 5.86. The van der Waals surface area contributed by atoms with E-state index in [1.807, 2.05) is 13.0 Å². The van der Waals surface area contributed by atoms with E-state index in [2.05, 4.69) is 26.9 Å². The van der Waals surface area contributed by atoms with Crippen molar-refractivity contribution in [2.45, 2.75) is 38.8 Å². The average molecular weight is 329 g/mol. The van der Waals surface area contributed by atoms with Gasteiger partial charge in [-0.25, -0.2) is 4.98 Å². The Bertz CT molecular complexity index is 720. The van der Waals surface area contributed by atoms with Gasteiger partial charge in [0.05, 0.1) is 17.3 Å². The lowest BCUT2D eigenvalue weighted by Crippen LogP contribution is -2.50. The van der Waals surface area contributed by atoms with Crippen LogP contribution in [0.15, 0.2) is 12.3 Å². The Morgan fingerprint density at radius 2 is 2.04 bits per heavy atom. The van der Waals surface area contributed by atoms with Crippen molar-refractivity contribution in [1.29, 1.82) is 0 Å². The first-order chi connectivity index (χ1) is 11.7. The zero-order valence-electron chi connectivity index (χ0n) is 14.2. The summed E-state index contributed by atoms with van der Waals surface area (Å²) in [6.07, 6.45) is 3.97. The molecule has 24 heavy (non-hydrogen) atoms. The van der Waals surface area contributed by atoms with E-state index in [1.165, 1.54) is 0 Å². The fourth-order valence-electron chi connectivity index (χ4n) is 3.32. The van der Waals surface area contributed by atoms with Crippen molar-refractivity contribution in [3.8, 4) is 17.3 Å². The molecule has 2 aromatic heterocycles. The first-order valence-corrected chi connectivity index (χ1v) is 8.56. The first kappa shape index (κ1) is 15.5. The lowest BCUT2D eigenvalue weighted by molar-refractivity contribution is 0.0656. The van der Waals surface area contributed by atoms with Crippen LogP contribution in [0.4, 0.5) is 0 Å². The largest absolute Gasteiger partial charge is 0.472 e. The van der Waals surface area contributed by atoms with Gasteiger partial charge in [-0.2, -0.15) is 10.1 Å². The zero-order chi connectivity index (χ0) is 16.5. The van der Waals surface area contributed by atoms with E-state index in [9.17, 15) is 0 Å². The fraction of sp³-hybridized carbons (Fsp3) is 0.588. The summed E-state index contributed by atoms with van der Waals surface area (Å²) in [6.45, 7) is 7.46. The topological polar surface area (TPSA) is 74.1 Å². The van der Waals surface area contributed by atoms with Crippen LogP contribution in [0.1, 0.15) is 30.3 Å². The molecule has 7 heteroatoms. The minimum absolute atomic E-state index is 0.208. The van der Waals surface area contributed by atoms with Crippen LogP contribution in [0, 0.1) is 13.8 Å². The van der Waals surface area contributed by atoms with Gasteiger partial charge in [-0.15, -0.1) is 0 Å². The summed E-state index contributed by atoms with van der Waals surface area (Å²) in [7, 11) is 0. The van der Waals surface area contributed by atoms with Crippen molar-refractivity contribution in [3.63, 3.8) is 0 Å². The Morgan fingerprint density at radius 1 is 1.25 bits per heavy atom. The number of rotatable bonds is 4. The Balaban J connectivity index is 1.63. The molecule has 4 rings (SSSR count). The van der Waals surface area contributed by atoms with Gasteiger partial charge in [0.15, 0.2) is 5.82 Å². The third-order valence-corrected chi connectivity index (χ3v) is 4.75. The molecular weight excluding hydrogens is 306 g/mol. The summed E-state index contributed by atoms with van der Waals surface area (Å²) in [6, 6.07) is 2.21. The highest BCUT2D eigenvalue weighted by atomic mass is 16.5. The molecule has 0 radical (unpaired) electrons. The van der Waals surface area contributed by atoms with Crippen LogP contribution in [0.2, 0.25) is 0 Å². The molecule has 0 atom stereocenters. The number of aryl methyl sites for hydroxylation is 1. The van der Waals surface area contributed by atoms with E-state index in [0.717, 1.165) is 56.1 Å². The molecule has 0 aliphatic carbocycles. The summed E-state index contributed by atoms with van der Waals surface area (Å²) in [5, 5.41) is 7.95. The molecule has 0 bridgehead atoms. The molecule has 0 amide bonds. The van der Waals surface area contributed by atoms with E-state index in [4.69, 9.17) is 14.6 Å². The van der Waals surface area contributed by atoms with Gasteiger partial charge in [-0.1, -0.05) is 0 Å². The Labute approximate surface area is 141 Å². The summed E-state index contributed by atoms with van der Waals surface area (Å²) < 4.78 is 13.4. The standard InChI is InChI=1S/C17H23N5O2/c1-11-16(12(2)22(21-11)13-4-7-23-8-5-13)17-19-6-3-15(20-17)24-14-9-18-10-14/h3,6,13-14,18H,4-5,7-10H2,1-2H3. The average Bonchev–Trinajstić information content (AvgIpc) is 2.87. The second-order valence-corrected chi connectivity index (χ2v) is 6.45. The molecule has 0 unspecified atom stereocenters. The number of nitrogens with one attached hydrogen (secondary N) is 1. The first-order valence-electron chi connectivity index (χ1n) is 8.56. The summed E-state index contributed by atoms with van der Waals surface area (Å²) in [4.78, 5) is 9.06. The van der Waals surface area contributed by atoms with Crippen LogP contribution >= 0.6 is 0 Å². The molecule has 0 saturated carbocycles.